The van der Waals surface area contributed by atoms with Gasteiger partial charge < -0.3 is 19.5 Å². The standard InChI is InChI=1S/C7H8O.3CHO.Cr/c8-6-7-4-2-1-3-5-7;3*1-2;/h1-5,8H,6H2;3*1H;/q;3*-1;+3. The van der Waals surface area contributed by atoms with Gasteiger partial charge in [-0.15, -0.1) is 0 Å². The zero-order valence-electron chi connectivity index (χ0n) is 7.91. The van der Waals surface area contributed by atoms with Gasteiger partial charge >= 0.3 is 17.4 Å². The van der Waals surface area contributed by atoms with E-state index >= 15 is 0 Å². The zero-order chi connectivity index (χ0) is 11.8. The van der Waals surface area contributed by atoms with Crippen LogP contribution in [-0.2, 0) is 38.4 Å². The van der Waals surface area contributed by atoms with Gasteiger partial charge in [0, 0.05) is 0 Å². The first-order valence-corrected chi connectivity index (χ1v) is 3.29. The van der Waals surface area contributed by atoms with Crippen molar-refractivity contribution in [1.29, 1.82) is 0 Å². The molecule has 1 rings (SSSR count). The predicted octanol–water partition coefficient (Wildman–Crippen LogP) is 0.354. The van der Waals surface area contributed by atoms with E-state index in [1.807, 2.05) is 30.3 Å². The molecule has 5 heteroatoms. The minimum absolute atomic E-state index is 0. The Morgan fingerprint density at radius 1 is 0.867 bits per heavy atom. The van der Waals surface area contributed by atoms with Crippen LogP contribution in [-0.4, -0.2) is 25.5 Å². The quantitative estimate of drug-likeness (QED) is 0.574. The van der Waals surface area contributed by atoms with Gasteiger partial charge in [0.05, 0.1) is 6.61 Å². The molecule has 0 atom stereocenters. The van der Waals surface area contributed by atoms with Crippen molar-refractivity contribution in [3.63, 3.8) is 0 Å². The van der Waals surface area contributed by atoms with Crippen molar-refractivity contribution in [1.82, 2.24) is 0 Å². The molecule has 15 heavy (non-hydrogen) atoms. The Labute approximate surface area is 100 Å². The van der Waals surface area contributed by atoms with Gasteiger partial charge in [0.2, 0.25) is 0 Å². The van der Waals surface area contributed by atoms with E-state index in [9.17, 15) is 0 Å². The molecular formula is C10H11CrO4. The minimum atomic E-state index is 0. The Bertz CT molecular complexity index is 189. The van der Waals surface area contributed by atoms with Gasteiger partial charge in [-0.2, -0.15) is 0 Å². The maximum atomic E-state index is 8.54. The van der Waals surface area contributed by atoms with E-state index in [-0.39, 0.29) is 24.0 Å². The summed E-state index contributed by atoms with van der Waals surface area (Å²) in [7, 11) is 0. The number of hydrogen-bond acceptors (Lipinski definition) is 4. The van der Waals surface area contributed by atoms with Crippen LogP contribution in [0.2, 0.25) is 0 Å². The van der Waals surface area contributed by atoms with Crippen LogP contribution in [0.25, 0.3) is 0 Å². The Morgan fingerprint density at radius 2 is 1.20 bits per heavy atom. The Balaban J connectivity index is -0.0000000755. The maximum Gasteiger partial charge on any atom is 3.00 e. The molecule has 0 aromatic heterocycles. The second-order valence-electron chi connectivity index (χ2n) is 1.64. The smallest absolute Gasteiger partial charge is 0.545 e. The fourth-order valence-electron chi connectivity index (χ4n) is 0.583. The third-order valence-electron chi connectivity index (χ3n) is 1.03. The van der Waals surface area contributed by atoms with Gasteiger partial charge in [-0.3, -0.25) is 20.4 Å². The molecule has 0 amide bonds. The van der Waals surface area contributed by atoms with E-state index in [0.717, 1.165) is 5.56 Å². The van der Waals surface area contributed by atoms with E-state index in [1.165, 1.54) is 0 Å². The van der Waals surface area contributed by atoms with Gasteiger partial charge in [0.15, 0.2) is 0 Å². The molecule has 1 aromatic rings. The molecule has 1 radical (unpaired) electrons. The molecule has 1 aromatic carbocycles. The molecule has 0 saturated heterocycles. The van der Waals surface area contributed by atoms with E-state index in [2.05, 4.69) is 20.4 Å². The summed E-state index contributed by atoms with van der Waals surface area (Å²) >= 11 is 0. The second-order valence-corrected chi connectivity index (χ2v) is 1.64. The molecular weight excluding hydrogens is 236 g/mol. The zero-order valence-corrected chi connectivity index (χ0v) is 9.18. The van der Waals surface area contributed by atoms with Crippen LogP contribution in [0.4, 0.5) is 0 Å². The summed E-state index contributed by atoms with van der Waals surface area (Å²) in [6, 6.07) is 9.52. The van der Waals surface area contributed by atoms with Crippen molar-refractivity contribution in [3.05, 3.63) is 35.9 Å². The Kier molecular flexibility index (Phi) is 45.9. The number of aliphatic hydroxyl groups is 1. The SMILES string of the molecule is OCc1ccccc1.[CH-]=O.[CH-]=O.[CH-]=O.[Cr+3]. The van der Waals surface area contributed by atoms with Crippen molar-refractivity contribution in [2.45, 2.75) is 6.61 Å². The van der Waals surface area contributed by atoms with Crippen LogP contribution in [0, 0.1) is 0 Å². The van der Waals surface area contributed by atoms with Crippen molar-refractivity contribution < 1.29 is 36.9 Å². The largest absolute Gasteiger partial charge is 3.00 e. The average Bonchev–Trinajstić information content (AvgIpc) is 2.37. The van der Waals surface area contributed by atoms with Crippen LogP contribution in [0.1, 0.15) is 5.56 Å². The molecule has 0 fully saturated rings. The molecule has 0 unspecified atom stereocenters. The molecule has 0 bridgehead atoms. The minimum Gasteiger partial charge on any atom is -0.545 e. The number of hydrogen-bond donors (Lipinski definition) is 1. The van der Waals surface area contributed by atoms with Crippen LogP contribution >= 0.6 is 0 Å². The molecule has 0 spiro atoms. The second kappa shape index (κ2) is 29.3. The molecule has 0 saturated carbocycles. The fraction of sp³-hybridized carbons (Fsp3) is 0.100. The first kappa shape index (κ1) is 23.5. The normalized spacial score (nSPS) is 5.67. The van der Waals surface area contributed by atoms with Crippen LogP contribution < -0.4 is 0 Å². The van der Waals surface area contributed by atoms with Crippen LogP contribution in [0.5, 0.6) is 0 Å². The summed E-state index contributed by atoms with van der Waals surface area (Å²) in [4.78, 5) is 23.2. The number of benzene rings is 1. The predicted molar refractivity (Wildman–Crippen MR) is 52.6 cm³/mol. The van der Waals surface area contributed by atoms with Crippen molar-refractivity contribution in [2.75, 3.05) is 0 Å². The summed E-state index contributed by atoms with van der Waals surface area (Å²) in [5, 5.41) is 8.54. The summed E-state index contributed by atoms with van der Waals surface area (Å²) in [6.07, 6.45) is 0. The van der Waals surface area contributed by atoms with Crippen molar-refractivity contribution in [2.24, 2.45) is 0 Å². The molecule has 0 aliphatic rings. The average molecular weight is 247 g/mol. The van der Waals surface area contributed by atoms with Gasteiger partial charge in [-0.25, -0.2) is 0 Å². The van der Waals surface area contributed by atoms with E-state index < -0.39 is 0 Å². The van der Waals surface area contributed by atoms with Gasteiger partial charge in [0.25, 0.3) is 0 Å². The topological polar surface area (TPSA) is 71.4 Å². The summed E-state index contributed by atoms with van der Waals surface area (Å²) < 4.78 is 0. The number of carbonyl (C=O) groups excluding carboxylic acids is 3. The molecule has 81 valence electrons. The van der Waals surface area contributed by atoms with Gasteiger partial charge in [0.1, 0.15) is 0 Å². The first-order chi connectivity index (χ1) is 6.93. The van der Waals surface area contributed by atoms with Gasteiger partial charge in [-0.05, 0) is 5.56 Å². The van der Waals surface area contributed by atoms with Crippen molar-refractivity contribution in [3.8, 4) is 0 Å². The van der Waals surface area contributed by atoms with Crippen molar-refractivity contribution >= 4 is 20.4 Å². The Hall–Kier alpha value is -1.28. The summed E-state index contributed by atoms with van der Waals surface area (Å²) in [6.45, 7) is 9.89. The monoisotopic (exact) mass is 247 g/mol. The summed E-state index contributed by atoms with van der Waals surface area (Å²) in [5.74, 6) is 0. The number of rotatable bonds is 1. The molecule has 0 heterocycles. The Morgan fingerprint density at radius 3 is 1.40 bits per heavy atom. The van der Waals surface area contributed by atoms with E-state index in [1.54, 1.807) is 0 Å². The molecule has 4 nitrogen and oxygen atoms in total. The third kappa shape index (κ3) is 19.2. The fourth-order valence-corrected chi connectivity index (χ4v) is 0.583. The van der Waals surface area contributed by atoms with E-state index in [4.69, 9.17) is 19.5 Å². The van der Waals surface area contributed by atoms with Gasteiger partial charge in [-0.1, -0.05) is 30.3 Å². The molecule has 1 N–H and O–H groups in total. The first-order valence-electron chi connectivity index (χ1n) is 3.29. The van der Waals surface area contributed by atoms with Crippen LogP contribution in [0.3, 0.4) is 0 Å². The maximum absolute atomic E-state index is 8.54. The third-order valence-corrected chi connectivity index (χ3v) is 1.03. The molecule has 0 aliphatic carbocycles. The molecule has 0 aliphatic heterocycles. The van der Waals surface area contributed by atoms with Crippen LogP contribution in [0.15, 0.2) is 30.3 Å². The number of aliphatic hydroxyl groups excluding tert-OH is 1. The van der Waals surface area contributed by atoms with E-state index in [0.29, 0.717) is 0 Å². The summed E-state index contributed by atoms with van der Waals surface area (Å²) in [5.41, 5.74) is 0.965.